The van der Waals surface area contributed by atoms with Gasteiger partial charge < -0.3 is 5.32 Å². The van der Waals surface area contributed by atoms with Crippen LogP contribution in [0.1, 0.15) is 4.88 Å². The van der Waals surface area contributed by atoms with Gasteiger partial charge in [-0.25, -0.2) is 4.98 Å². The average molecular weight is 209 g/mol. The van der Waals surface area contributed by atoms with Gasteiger partial charge in [0, 0.05) is 29.9 Å². The van der Waals surface area contributed by atoms with Crippen molar-refractivity contribution in [3.63, 3.8) is 0 Å². The van der Waals surface area contributed by atoms with Crippen LogP contribution in [-0.2, 0) is 6.54 Å². The molecule has 0 aliphatic carbocycles. The van der Waals surface area contributed by atoms with E-state index in [0.717, 1.165) is 23.7 Å². The highest BCUT2D eigenvalue weighted by Crippen LogP contribution is 2.16. The average Bonchev–Trinajstić information content (AvgIpc) is 2.37. The Labute approximate surface area is 80.4 Å². The number of rotatable bonds is 4. The van der Waals surface area contributed by atoms with E-state index in [9.17, 15) is 0 Å². The lowest BCUT2D eigenvalue weighted by Gasteiger charge is -1.96. The number of hydrogen-bond donors (Lipinski definition) is 2. The van der Waals surface area contributed by atoms with Crippen LogP contribution in [0.15, 0.2) is 6.20 Å². The highest BCUT2D eigenvalue weighted by molar-refractivity contribution is 7.80. The lowest BCUT2D eigenvalue weighted by molar-refractivity contribution is 0.741. The van der Waals surface area contributed by atoms with E-state index < -0.39 is 0 Å². The Kier molecular flexibility index (Phi) is 4.22. The zero-order valence-electron chi connectivity index (χ0n) is 5.88. The van der Waals surface area contributed by atoms with Crippen LogP contribution < -0.4 is 5.32 Å². The van der Waals surface area contributed by atoms with Gasteiger partial charge in [-0.05, 0) is 0 Å². The molecular formula is C6H9ClN2S2. The molecule has 0 spiro atoms. The number of nitrogens with zero attached hydrogens (tertiary/aromatic N) is 1. The quantitative estimate of drug-likeness (QED) is 0.583. The third kappa shape index (κ3) is 3.42. The lowest BCUT2D eigenvalue weighted by atomic mass is 10.5. The van der Waals surface area contributed by atoms with E-state index >= 15 is 0 Å². The second kappa shape index (κ2) is 4.98. The zero-order valence-corrected chi connectivity index (χ0v) is 8.35. The third-order valence-corrected chi connectivity index (χ3v) is 2.45. The van der Waals surface area contributed by atoms with E-state index in [2.05, 4.69) is 22.9 Å². The normalized spacial score (nSPS) is 10.4. The topological polar surface area (TPSA) is 24.9 Å². The molecule has 1 aromatic rings. The Bertz CT molecular complexity index is 214. The maximum atomic E-state index is 5.64. The molecule has 0 radical (unpaired) electrons. The summed E-state index contributed by atoms with van der Waals surface area (Å²) in [6, 6.07) is 0. The minimum absolute atomic E-state index is 0.604. The highest BCUT2D eigenvalue weighted by atomic mass is 35.5. The molecule has 62 valence electrons. The van der Waals surface area contributed by atoms with Gasteiger partial charge in [-0.1, -0.05) is 11.6 Å². The van der Waals surface area contributed by atoms with Gasteiger partial charge >= 0.3 is 0 Å². The molecule has 0 amide bonds. The number of aromatic nitrogens is 1. The van der Waals surface area contributed by atoms with E-state index in [0.29, 0.717) is 4.47 Å². The van der Waals surface area contributed by atoms with Crippen molar-refractivity contribution in [2.24, 2.45) is 0 Å². The molecule has 1 heterocycles. The van der Waals surface area contributed by atoms with Crippen molar-refractivity contribution >= 4 is 35.6 Å². The smallest absolute Gasteiger partial charge is 0.183 e. The fourth-order valence-electron chi connectivity index (χ4n) is 0.656. The second-order valence-corrected chi connectivity index (χ2v) is 4.12. The van der Waals surface area contributed by atoms with Crippen LogP contribution >= 0.6 is 35.6 Å². The number of hydrogen-bond acceptors (Lipinski definition) is 4. The molecular weight excluding hydrogens is 200 g/mol. The van der Waals surface area contributed by atoms with Crippen molar-refractivity contribution < 1.29 is 0 Å². The van der Waals surface area contributed by atoms with Gasteiger partial charge in [-0.15, -0.1) is 11.3 Å². The first kappa shape index (κ1) is 9.32. The SMILES string of the molecule is SCCNCc1cnc(Cl)s1. The molecule has 5 heteroatoms. The maximum absolute atomic E-state index is 5.64. The number of nitrogens with one attached hydrogen (secondary N) is 1. The summed E-state index contributed by atoms with van der Waals surface area (Å²) in [5, 5.41) is 3.20. The molecule has 0 atom stereocenters. The summed E-state index contributed by atoms with van der Waals surface area (Å²) < 4.78 is 0.604. The molecule has 0 saturated heterocycles. The second-order valence-electron chi connectivity index (χ2n) is 1.98. The molecule has 1 aromatic heterocycles. The van der Waals surface area contributed by atoms with Gasteiger partial charge in [-0.3, -0.25) is 0 Å². The van der Waals surface area contributed by atoms with Crippen molar-refractivity contribution in [2.45, 2.75) is 6.54 Å². The summed E-state index contributed by atoms with van der Waals surface area (Å²) in [7, 11) is 0. The molecule has 0 unspecified atom stereocenters. The van der Waals surface area contributed by atoms with Gasteiger partial charge in [0.1, 0.15) is 0 Å². The van der Waals surface area contributed by atoms with Crippen molar-refractivity contribution in [2.75, 3.05) is 12.3 Å². The van der Waals surface area contributed by atoms with Crippen LogP contribution in [0.4, 0.5) is 0 Å². The molecule has 1 N–H and O–H groups in total. The van der Waals surface area contributed by atoms with Crippen molar-refractivity contribution in [3.05, 3.63) is 15.5 Å². The number of halogens is 1. The van der Waals surface area contributed by atoms with E-state index in [1.54, 1.807) is 6.20 Å². The van der Waals surface area contributed by atoms with Gasteiger partial charge in [0.25, 0.3) is 0 Å². The molecule has 0 aromatic carbocycles. The summed E-state index contributed by atoms with van der Waals surface area (Å²) in [5.74, 6) is 0.854. The predicted molar refractivity (Wildman–Crippen MR) is 52.7 cm³/mol. The Morgan fingerprint density at radius 2 is 2.55 bits per heavy atom. The number of thiazole rings is 1. The monoisotopic (exact) mass is 208 g/mol. The first-order chi connectivity index (χ1) is 5.33. The lowest BCUT2D eigenvalue weighted by Crippen LogP contribution is -2.14. The van der Waals surface area contributed by atoms with Crippen LogP contribution in [0.25, 0.3) is 0 Å². The fourth-order valence-corrected chi connectivity index (χ4v) is 1.76. The summed E-state index contributed by atoms with van der Waals surface area (Å²) in [6.07, 6.45) is 1.79. The molecule has 0 fully saturated rings. The van der Waals surface area contributed by atoms with Gasteiger partial charge in [0.2, 0.25) is 0 Å². The van der Waals surface area contributed by atoms with Crippen LogP contribution in [0.5, 0.6) is 0 Å². The van der Waals surface area contributed by atoms with E-state index in [4.69, 9.17) is 11.6 Å². The van der Waals surface area contributed by atoms with Crippen molar-refractivity contribution in [1.29, 1.82) is 0 Å². The van der Waals surface area contributed by atoms with E-state index in [1.807, 2.05) is 0 Å². The van der Waals surface area contributed by atoms with Crippen molar-refractivity contribution in [3.8, 4) is 0 Å². The van der Waals surface area contributed by atoms with E-state index in [1.165, 1.54) is 11.3 Å². The molecule has 0 aliphatic rings. The van der Waals surface area contributed by atoms with Crippen LogP contribution in [0, 0.1) is 0 Å². The Hall–Kier alpha value is 0.230. The molecule has 0 bridgehead atoms. The fraction of sp³-hybridized carbons (Fsp3) is 0.500. The van der Waals surface area contributed by atoms with Gasteiger partial charge in [-0.2, -0.15) is 12.6 Å². The zero-order chi connectivity index (χ0) is 8.10. The predicted octanol–water partition coefficient (Wildman–Crippen LogP) is 1.82. The summed E-state index contributed by atoms with van der Waals surface area (Å²) in [6.45, 7) is 1.75. The minimum Gasteiger partial charge on any atom is -0.311 e. The standard InChI is InChI=1S/C6H9ClN2S2/c7-6-9-4-5(11-6)3-8-1-2-10/h4,8,10H,1-3H2. The molecule has 0 aliphatic heterocycles. The summed E-state index contributed by atoms with van der Waals surface area (Å²) in [5.41, 5.74) is 0. The Morgan fingerprint density at radius 3 is 3.09 bits per heavy atom. The third-order valence-electron chi connectivity index (χ3n) is 1.11. The molecule has 2 nitrogen and oxygen atoms in total. The molecule has 11 heavy (non-hydrogen) atoms. The summed E-state index contributed by atoms with van der Waals surface area (Å²) >= 11 is 11.2. The number of thiol groups is 1. The Balaban J connectivity index is 2.27. The highest BCUT2D eigenvalue weighted by Gasteiger charge is 1.96. The minimum atomic E-state index is 0.604. The molecule has 0 saturated carbocycles. The Morgan fingerprint density at radius 1 is 1.73 bits per heavy atom. The maximum Gasteiger partial charge on any atom is 0.183 e. The largest absolute Gasteiger partial charge is 0.311 e. The van der Waals surface area contributed by atoms with Crippen LogP contribution in [0.3, 0.4) is 0 Å². The molecule has 1 rings (SSSR count). The first-order valence-corrected chi connectivity index (χ1v) is 5.07. The van der Waals surface area contributed by atoms with Crippen LogP contribution in [0.2, 0.25) is 4.47 Å². The van der Waals surface area contributed by atoms with Crippen molar-refractivity contribution in [1.82, 2.24) is 10.3 Å². The van der Waals surface area contributed by atoms with Gasteiger partial charge in [0.15, 0.2) is 4.47 Å². The first-order valence-electron chi connectivity index (χ1n) is 3.24. The summed E-state index contributed by atoms with van der Waals surface area (Å²) in [4.78, 5) is 5.08. The van der Waals surface area contributed by atoms with Crippen LogP contribution in [-0.4, -0.2) is 17.3 Å². The van der Waals surface area contributed by atoms with E-state index in [-0.39, 0.29) is 0 Å². The van der Waals surface area contributed by atoms with Gasteiger partial charge in [0.05, 0.1) is 0 Å².